The van der Waals surface area contributed by atoms with Crippen molar-refractivity contribution in [1.29, 1.82) is 0 Å². The van der Waals surface area contributed by atoms with E-state index in [0.717, 1.165) is 42.8 Å². The summed E-state index contributed by atoms with van der Waals surface area (Å²) in [5.74, 6) is -0.0640. The molecule has 1 aliphatic heterocycles. The number of aromatic nitrogens is 2. The number of piperidine rings is 1. The largest absolute Gasteiger partial charge is 0.336 e. The molecule has 0 radical (unpaired) electrons. The molecule has 3 aromatic rings. The highest BCUT2D eigenvalue weighted by molar-refractivity contribution is 5.80. The summed E-state index contributed by atoms with van der Waals surface area (Å²) in [6.45, 7) is 6.86. The summed E-state index contributed by atoms with van der Waals surface area (Å²) in [6.07, 6.45) is 6.49. The van der Waals surface area contributed by atoms with E-state index in [0.29, 0.717) is 0 Å². The maximum absolute atomic E-state index is 13.3. The zero-order chi connectivity index (χ0) is 21.3. The van der Waals surface area contributed by atoms with Gasteiger partial charge in [-0.05, 0) is 74.9 Å². The number of hydrogen-bond donors (Lipinski definition) is 0. The van der Waals surface area contributed by atoms with Gasteiger partial charge in [0, 0.05) is 24.3 Å². The number of carbonyl (C=O) groups is 1. The molecule has 2 unspecified atom stereocenters. The van der Waals surface area contributed by atoms with E-state index in [4.69, 9.17) is 0 Å². The van der Waals surface area contributed by atoms with Crippen molar-refractivity contribution in [2.45, 2.75) is 46.1 Å². The molecule has 4 rings (SSSR count). The lowest BCUT2D eigenvalue weighted by Crippen LogP contribution is -2.43. The summed E-state index contributed by atoms with van der Waals surface area (Å²) in [7, 11) is 0. The van der Waals surface area contributed by atoms with E-state index >= 15 is 0 Å². The quantitative estimate of drug-likeness (QED) is 0.587. The molecule has 2 atom stereocenters. The Balaban J connectivity index is 1.48. The standard InChI is InChI=1S/C25H28FN3O/c1-17-13-20(6-11-24(17)28-15-18(2)27-16-28)14-22-5-4-12-29(25(22)30)19(3)21-7-9-23(26)10-8-21/h6-11,13,15-16,19,22H,4-5,12,14H2,1-3H3. The van der Waals surface area contributed by atoms with Crippen LogP contribution in [0.3, 0.4) is 0 Å². The second kappa shape index (κ2) is 8.42. The van der Waals surface area contributed by atoms with Gasteiger partial charge >= 0.3 is 0 Å². The third kappa shape index (κ3) is 4.16. The molecule has 5 heteroatoms. The van der Waals surface area contributed by atoms with Gasteiger partial charge in [-0.3, -0.25) is 4.79 Å². The van der Waals surface area contributed by atoms with Gasteiger partial charge in [0.05, 0.1) is 18.1 Å². The molecule has 1 saturated heterocycles. The Morgan fingerprint density at radius 3 is 2.60 bits per heavy atom. The lowest BCUT2D eigenvalue weighted by Gasteiger charge is -2.37. The monoisotopic (exact) mass is 405 g/mol. The first-order valence-electron chi connectivity index (χ1n) is 10.6. The normalized spacial score (nSPS) is 17.9. The third-order valence-corrected chi connectivity index (χ3v) is 6.14. The van der Waals surface area contributed by atoms with Crippen molar-refractivity contribution < 1.29 is 9.18 Å². The number of nitrogens with zero attached hydrogens (tertiary/aromatic N) is 3. The van der Waals surface area contributed by atoms with E-state index in [-0.39, 0.29) is 23.7 Å². The number of imidazole rings is 1. The number of likely N-dealkylation sites (tertiary alicyclic amines) is 1. The van der Waals surface area contributed by atoms with Crippen LogP contribution in [0.25, 0.3) is 5.69 Å². The van der Waals surface area contributed by atoms with Crippen molar-refractivity contribution >= 4 is 5.91 Å². The van der Waals surface area contributed by atoms with Gasteiger partial charge in [-0.15, -0.1) is 0 Å². The van der Waals surface area contributed by atoms with E-state index < -0.39 is 0 Å². The van der Waals surface area contributed by atoms with Crippen LogP contribution in [0, 0.1) is 25.6 Å². The second-order valence-corrected chi connectivity index (χ2v) is 8.35. The van der Waals surface area contributed by atoms with Crippen LogP contribution < -0.4 is 0 Å². The molecule has 4 nitrogen and oxygen atoms in total. The molecular formula is C25H28FN3O. The van der Waals surface area contributed by atoms with Gasteiger partial charge < -0.3 is 9.47 Å². The molecule has 1 fully saturated rings. The number of halogens is 1. The molecule has 0 N–H and O–H groups in total. The maximum Gasteiger partial charge on any atom is 0.226 e. The Kier molecular flexibility index (Phi) is 5.71. The lowest BCUT2D eigenvalue weighted by molar-refractivity contribution is -0.140. The molecule has 0 saturated carbocycles. The zero-order valence-corrected chi connectivity index (χ0v) is 17.8. The van der Waals surface area contributed by atoms with Crippen LogP contribution in [0.15, 0.2) is 55.0 Å². The smallest absolute Gasteiger partial charge is 0.226 e. The first-order chi connectivity index (χ1) is 14.4. The molecule has 0 bridgehead atoms. The van der Waals surface area contributed by atoms with Crippen molar-refractivity contribution in [3.8, 4) is 5.69 Å². The molecule has 2 aromatic carbocycles. The molecule has 30 heavy (non-hydrogen) atoms. The number of carbonyl (C=O) groups excluding carboxylic acids is 1. The number of aryl methyl sites for hydroxylation is 2. The topological polar surface area (TPSA) is 38.1 Å². The van der Waals surface area contributed by atoms with Crippen LogP contribution in [0.2, 0.25) is 0 Å². The van der Waals surface area contributed by atoms with Crippen LogP contribution in [0.5, 0.6) is 0 Å². The van der Waals surface area contributed by atoms with Gasteiger partial charge in [-0.2, -0.15) is 0 Å². The fourth-order valence-corrected chi connectivity index (χ4v) is 4.44. The predicted octanol–water partition coefficient (Wildman–Crippen LogP) is 5.17. The molecule has 0 spiro atoms. The second-order valence-electron chi connectivity index (χ2n) is 8.35. The minimum Gasteiger partial charge on any atom is -0.336 e. The number of benzene rings is 2. The minimum atomic E-state index is -0.251. The van der Waals surface area contributed by atoms with E-state index in [1.807, 2.05) is 35.8 Å². The van der Waals surface area contributed by atoms with E-state index in [9.17, 15) is 9.18 Å². The highest BCUT2D eigenvalue weighted by atomic mass is 19.1. The lowest BCUT2D eigenvalue weighted by atomic mass is 9.88. The summed E-state index contributed by atoms with van der Waals surface area (Å²) >= 11 is 0. The van der Waals surface area contributed by atoms with E-state index in [1.54, 1.807) is 12.1 Å². The van der Waals surface area contributed by atoms with Crippen molar-refractivity contribution in [2.24, 2.45) is 5.92 Å². The molecule has 1 aromatic heterocycles. The Hall–Kier alpha value is -2.95. The zero-order valence-electron chi connectivity index (χ0n) is 17.8. The summed E-state index contributed by atoms with van der Waals surface area (Å²) in [5.41, 5.74) is 5.43. The first-order valence-corrected chi connectivity index (χ1v) is 10.6. The molecule has 1 aliphatic rings. The first kappa shape index (κ1) is 20.3. The van der Waals surface area contributed by atoms with Gasteiger partial charge in [-0.1, -0.05) is 24.3 Å². The SMILES string of the molecule is Cc1cn(-c2ccc(CC3CCCN(C(C)c4ccc(F)cc4)C3=O)cc2C)cn1. The summed E-state index contributed by atoms with van der Waals surface area (Å²) in [6, 6.07) is 12.8. The third-order valence-electron chi connectivity index (χ3n) is 6.14. The van der Waals surface area contributed by atoms with Crippen LogP contribution >= 0.6 is 0 Å². The molecular weight excluding hydrogens is 377 g/mol. The van der Waals surface area contributed by atoms with Crippen molar-refractivity contribution in [3.63, 3.8) is 0 Å². The Morgan fingerprint density at radius 2 is 1.93 bits per heavy atom. The van der Waals surface area contributed by atoms with Gasteiger partial charge in [0.25, 0.3) is 0 Å². The summed E-state index contributed by atoms with van der Waals surface area (Å²) < 4.78 is 15.3. The summed E-state index contributed by atoms with van der Waals surface area (Å²) in [4.78, 5) is 19.5. The summed E-state index contributed by atoms with van der Waals surface area (Å²) in [5, 5.41) is 0. The van der Waals surface area contributed by atoms with Gasteiger partial charge in [-0.25, -0.2) is 9.37 Å². The highest BCUT2D eigenvalue weighted by Crippen LogP contribution is 2.30. The molecule has 0 aliphatic carbocycles. The molecule has 2 heterocycles. The number of hydrogen-bond acceptors (Lipinski definition) is 2. The van der Waals surface area contributed by atoms with Crippen molar-refractivity contribution in [3.05, 3.63) is 83.2 Å². The van der Waals surface area contributed by atoms with Crippen molar-refractivity contribution in [1.82, 2.24) is 14.5 Å². The average Bonchev–Trinajstić information content (AvgIpc) is 3.16. The fourth-order valence-electron chi connectivity index (χ4n) is 4.44. The van der Waals surface area contributed by atoms with E-state index in [2.05, 4.69) is 30.1 Å². The number of rotatable bonds is 5. The minimum absolute atomic E-state index is 0.0117. The Morgan fingerprint density at radius 1 is 1.17 bits per heavy atom. The Labute approximate surface area is 177 Å². The molecule has 156 valence electrons. The maximum atomic E-state index is 13.3. The van der Waals surface area contributed by atoms with Crippen LogP contribution in [0.1, 0.15) is 48.2 Å². The Bertz CT molecular complexity index is 1040. The van der Waals surface area contributed by atoms with Gasteiger partial charge in [0.2, 0.25) is 5.91 Å². The van der Waals surface area contributed by atoms with E-state index in [1.165, 1.54) is 23.3 Å². The van der Waals surface area contributed by atoms with Crippen LogP contribution in [0.4, 0.5) is 4.39 Å². The van der Waals surface area contributed by atoms with Crippen molar-refractivity contribution in [2.75, 3.05) is 6.54 Å². The predicted molar refractivity (Wildman–Crippen MR) is 116 cm³/mol. The highest BCUT2D eigenvalue weighted by Gasteiger charge is 2.32. The average molecular weight is 406 g/mol. The van der Waals surface area contributed by atoms with Crippen LogP contribution in [-0.2, 0) is 11.2 Å². The molecule has 1 amide bonds. The number of amides is 1. The fraction of sp³-hybridized carbons (Fsp3) is 0.360. The van der Waals surface area contributed by atoms with Gasteiger partial charge in [0.15, 0.2) is 0 Å². The van der Waals surface area contributed by atoms with Gasteiger partial charge in [0.1, 0.15) is 5.82 Å². The van der Waals surface area contributed by atoms with Crippen LogP contribution in [-0.4, -0.2) is 26.9 Å².